The van der Waals surface area contributed by atoms with Crippen molar-refractivity contribution in [1.29, 1.82) is 0 Å². The van der Waals surface area contributed by atoms with Crippen molar-refractivity contribution in [2.45, 2.75) is 19.4 Å². The van der Waals surface area contributed by atoms with Gasteiger partial charge < -0.3 is 19.9 Å². The Morgan fingerprint density at radius 3 is 2.46 bits per heavy atom. The van der Waals surface area contributed by atoms with E-state index >= 15 is 0 Å². The molecule has 0 amide bonds. The third-order valence-electron chi connectivity index (χ3n) is 4.95. The van der Waals surface area contributed by atoms with Crippen LogP contribution >= 0.6 is 0 Å². The van der Waals surface area contributed by atoms with Gasteiger partial charge in [0.25, 0.3) is 0 Å². The van der Waals surface area contributed by atoms with E-state index < -0.39 is 0 Å². The Balaban J connectivity index is 1.91. The van der Waals surface area contributed by atoms with E-state index in [0.29, 0.717) is 36.4 Å². The number of hydrogen-bond donors (Lipinski definition) is 1. The van der Waals surface area contributed by atoms with Crippen LogP contribution in [0.2, 0.25) is 0 Å². The van der Waals surface area contributed by atoms with Crippen molar-refractivity contribution >= 4 is 17.4 Å². The molecule has 2 aromatic rings. The first-order chi connectivity index (χ1) is 13.6. The molecule has 0 bridgehead atoms. The molecule has 2 N–H and O–H groups in total. The first kappa shape index (κ1) is 18.2. The van der Waals surface area contributed by atoms with E-state index in [2.05, 4.69) is 11.9 Å². The van der Waals surface area contributed by atoms with Crippen LogP contribution in [-0.2, 0) is 11.2 Å². The van der Waals surface area contributed by atoms with Crippen LogP contribution in [0, 0.1) is 0 Å². The average molecular weight is 380 g/mol. The van der Waals surface area contributed by atoms with Crippen LogP contribution in [0.4, 0.5) is 5.69 Å². The first-order valence-electron chi connectivity index (χ1n) is 9.27. The van der Waals surface area contributed by atoms with Gasteiger partial charge in [0.1, 0.15) is 6.61 Å². The van der Waals surface area contributed by atoms with Crippen molar-refractivity contribution < 1.29 is 14.2 Å². The van der Waals surface area contributed by atoms with Gasteiger partial charge in [0.2, 0.25) is 0 Å². The molecule has 0 aliphatic carbocycles. The van der Waals surface area contributed by atoms with Gasteiger partial charge in [-0.2, -0.15) is 5.10 Å². The summed E-state index contributed by atoms with van der Waals surface area (Å²) in [5.41, 5.74) is 10.5. The number of ether oxygens (including phenoxy) is 3. The Morgan fingerprint density at radius 1 is 1.11 bits per heavy atom. The second kappa shape index (κ2) is 7.42. The number of nitrogens with two attached hydrogens (primary N) is 1. The van der Waals surface area contributed by atoms with Crippen molar-refractivity contribution in [1.82, 2.24) is 5.01 Å². The highest BCUT2D eigenvalue weighted by Gasteiger charge is 2.29. The molecule has 7 heteroatoms. The van der Waals surface area contributed by atoms with Crippen LogP contribution in [0.25, 0.3) is 0 Å². The molecule has 2 aromatic carbocycles. The summed E-state index contributed by atoms with van der Waals surface area (Å²) >= 11 is 0. The molecular formula is C21H24N4O3. The molecule has 1 unspecified atom stereocenters. The summed E-state index contributed by atoms with van der Waals surface area (Å²) < 4.78 is 16.8. The molecule has 2 aliphatic rings. The van der Waals surface area contributed by atoms with E-state index in [1.54, 1.807) is 14.2 Å². The summed E-state index contributed by atoms with van der Waals surface area (Å²) in [5.74, 6) is 1.37. The Labute approximate surface area is 164 Å². The number of amidine groups is 1. The quantitative estimate of drug-likeness (QED) is 0.828. The van der Waals surface area contributed by atoms with Gasteiger partial charge in [-0.25, -0.2) is 10.0 Å². The first-order valence-corrected chi connectivity index (χ1v) is 9.27. The molecule has 1 atom stereocenters. The van der Waals surface area contributed by atoms with E-state index in [4.69, 9.17) is 25.0 Å². The minimum atomic E-state index is 0.0694. The third kappa shape index (κ3) is 3.24. The Hall–Kier alpha value is -3.22. The molecule has 4 rings (SSSR count). The molecule has 7 nitrogen and oxygen atoms in total. The van der Waals surface area contributed by atoms with Gasteiger partial charge in [-0.1, -0.05) is 12.1 Å². The topological polar surface area (TPSA) is 81.7 Å². The van der Waals surface area contributed by atoms with Crippen molar-refractivity contribution in [2.24, 2.45) is 10.1 Å². The lowest BCUT2D eigenvalue weighted by molar-refractivity contribution is 0.235. The molecule has 0 radical (unpaired) electrons. The lowest BCUT2D eigenvalue weighted by Gasteiger charge is -2.23. The average Bonchev–Trinajstić information content (AvgIpc) is 3.19. The fourth-order valence-electron chi connectivity index (χ4n) is 3.52. The number of benzene rings is 2. The summed E-state index contributed by atoms with van der Waals surface area (Å²) in [6.07, 6.45) is 0.764. The van der Waals surface area contributed by atoms with Gasteiger partial charge >= 0.3 is 6.02 Å². The van der Waals surface area contributed by atoms with Gasteiger partial charge in [-0.05, 0) is 43.2 Å². The largest absolute Gasteiger partial charge is 0.493 e. The number of rotatable bonds is 3. The Kier molecular flexibility index (Phi) is 4.81. The fraction of sp³-hybridized carbons (Fsp3) is 0.333. The summed E-state index contributed by atoms with van der Waals surface area (Å²) in [7, 11) is 3.28. The van der Waals surface area contributed by atoms with Gasteiger partial charge in [0, 0.05) is 16.8 Å². The molecular weight excluding hydrogens is 356 g/mol. The van der Waals surface area contributed by atoms with E-state index in [1.165, 1.54) is 0 Å². The number of nitrogens with zero attached hydrogens (tertiary/aromatic N) is 3. The second-order valence-corrected chi connectivity index (χ2v) is 6.85. The van der Waals surface area contributed by atoms with E-state index in [-0.39, 0.29) is 6.04 Å². The van der Waals surface area contributed by atoms with Crippen LogP contribution < -0.4 is 15.2 Å². The number of fused-ring (bicyclic) bond motifs is 1. The molecule has 2 aliphatic heterocycles. The lowest BCUT2D eigenvalue weighted by atomic mass is 9.94. The van der Waals surface area contributed by atoms with Gasteiger partial charge in [-0.3, -0.25) is 0 Å². The van der Waals surface area contributed by atoms with Crippen molar-refractivity contribution in [3.63, 3.8) is 0 Å². The molecule has 0 fully saturated rings. The molecule has 0 aromatic heterocycles. The molecule has 146 valence electrons. The minimum Gasteiger partial charge on any atom is -0.493 e. The highest BCUT2D eigenvalue weighted by molar-refractivity contribution is 6.14. The van der Waals surface area contributed by atoms with Crippen molar-refractivity contribution in [3.05, 3.63) is 53.1 Å². The fourth-order valence-corrected chi connectivity index (χ4v) is 3.52. The third-order valence-corrected chi connectivity index (χ3v) is 4.95. The van der Waals surface area contributed by atoms with Crippen LogP contribution in [0.3, 0.4) is 0 Å². The number of aliphatic imine (C=N–C) groups is 1. The second-order valence-electron chi connectivity index (χ2n) is 6.85. The predicted octanol–water partition coefficient (Wildman–Crippen LogP) is 2.67. The van der Waals surface area contributed by atoms with E-state index in [0.717, 1.165) is 28.8 Å². The molecule has 28 heavy (non-hydrogen) atoms. The Bertz CT molecular complexity index is 937. The SMILES string of the molecule is COc1cc2c(cc1OC)C(c1ccc(N)cc1)=NN(C1=NCCO1)C(C)C2. The molecule has 0 saturated heterocycles. The Morgan fingerprint density at radius 2 is 1.82 bits per heavy atom. The summed E-state index contributed by atoms with van der Waals surface area (Å²) in [4.78, 5) is 4.47. The van der Waals surface area contributed by atoms with E-state index in [1.807, 2.05) is 41.4 Å². The maximum absolute atomic E-state index is 5.89. The van der Waals surface area contributed by atoms with Crippen LogP contribution in [-0.4, -0.2) is 50.2 Å². The molecule has 0 spiro atoms. The lowest BCUT2D eigenvalue weighted by Crippen LogP contribution is -2.35. The number of methoxy groups -OCH3 is 2. The van der Waals surface area contributed by atoms with Crippen LogP contribution in [0.1, 0.15) is 23.6 Å². The zero-order valence-electron chi connectivity index (χ0n) is 16.3. The van der Waals surface area contributed by atoms with Gasteiger partial charge in [-0.15, -0.1) is 0 Å². The smallest absolute Gasteiger partial charge is 0.308 e. The standard InChI is InChI=1S/C21H24N4O3/c1-13-10-15-11-18(26-2)19(27-3)12-17(15)20(14-4-6-16(22)7-5-14)24-25(13)21-23-8-9-28-21/h4-7,11-13H,8-10,22H2,1-3H3. The number of anilines is 1. The highest BCUT2D eigenvalue weighted by atomic mass is 16.5. The number of hydrogen-bond acceptors (Lipinski definition) is 7. The number of nitrogen functional groups attached to an aromatic ring is 1. The molecule has 0 saturated carbocycles. The van der Waals surface area contributed by atoms with Gasteiger partial charge in [0.05, 0.1) is 32.5 Å². The normalized spacial score (nSPS) is 18.5. The van der Waals surface area contributed by atoms with Crippen molar-refractivity contribution in [2.75, 3.05) is 33.1 Å². The maximum atomic E-state index is 5.89. The summed E-state index contributed by atoms with van der Waals surface area (Å²) in [5, 5.41) is 6.84. The zero-order chi connectivity index (χ0) is 19.7. The van der Waals surface area contributed by atoms with Crippen LogP contribution in [0.15, 0.2) is 46.5 Å². The van der Waals surface area contributed by atoms with E-state index in [9.17, 15) is 0 Å². The van der Waals surface area contributed by atoms with Crippen molar-refractivity contribution in [3.8, 4) is 11.5 Å². The van der Waals surface area contributed by atoms with Crippen LogP contribution in [0.5, 0.6) is 11.5 Å². The highest BCUT2D eigenvalue weighted by Crippen LogP contribution is 2.34. The maximum Gasteiger partial charge on any atom is 0.308 e. The predicted molar refractivity (Wildman–Crippen MR) is 109 cm³/mol. The monoisotopic (exact) mass is 380 g/mol. The zero-order valence-corrected chi connectivity index (χ0v) is 16.3. The molecule has 2 heterocycles. The van der Waals surface area contributed by atoms with Gasteiger partial charge in [0.15, 0.2) is 11.5 Å². The number of hydrazone groups is 1. The summed E-state index contributed by atoms with van der Waals surface area (Å²) in [6.45, 7) is 3.35. The summed E-state index contributed by atoms with van der Waals surface area (Å²) in [6, 6.07) is 12.3. The minimum absolute atomic E-state index is 0.0694.